The Labute approximate surface area is 104 Å². The summed E-state index contributed by atoms with van der Waals surface area (Å²) in [6.45, 7) is 0.904. The second kappa shape index (κ2) is 7.44. The molecule has 1 heterocycles. The lowest BCUT2D eigenvalue weighted by molar-refractivity contribution is 0.338. The molecule has 1 N–H and O–H groups in total. The van der Waals surface area contributed by atoms with Gasteiger partial charge in [0.2, 0.25) is 0 Å². The summed E-state index contributed by atoms with van der Waals surface area (Å²) in [6.07, 6.45) is 0. The van der Waals surface area contributed by atoms with E-state index in [-0.39, 0.29) is 19.7 Å². The standard InChI is InChI=1S/C12H11N3OS/c13-5-7-15(8-6-14)10-12-4-3-11(17-12)2-1-9-16/h3-4,16H,7-10H2. The number of aliphatic hydroxyl groups is 1. The molecule has 0 aliphatic heterocycles. The Kier molecular flexibility index (Phi) is 5.79. The van der Waals surface area contributed by atoms with Crippen LogP contribution >= 0.6 is 11.3 Å². The molecule has 4 nitrogen and oxygen atoms in total. The molecule has 86 valence electrons. The van der Waals surface area contributed by atoms with E-state index in [1.807, 2.05) is 24.3 Å². The van der Waals surface area contributed by atoms with E-state index in [2.05, 4.69) is 11.8 Å². The lowest BCUT2D eigenvalue weighted by Crippen LogP contribution is -2.23. The molecule has 0 spiro atoms. The highest BCUT2D eigenvalue weighted by Crippen LogP contribution is 2.17. The molecule has 0 atom stereocenters. The van der Waals surface area contributed by atoms with Crippen molar-refractivity contribution in [3.63, 3.8) is 0 Å². The second-order valence-electron chi connectivity index (χ2n) is 3.19. The molecular formula is C12H11N3OS. The van der Waals surface area contributed by atoms with Gasteiger partial charge < -0.3 is 5.11 Å². The highest BCUT2D eigenvalue weighted by atomic mass is 32.1. The maximum atomic E-state index is 8.61. The number of nitriles is 2. The third-order valence-electron chi connectivity index (χ3n) is 1.92. The van der Waals surface area contributed by atoms with Gasteiger partial charge >= 0.3 is 0 Å². The number of hydrogen-bond donors (Lipinski definition) is 1. The van der Waals surface area contributed by atoms with Crippen molar-refractivity contribution >= 4 is 11.3 Å². The molecule has 0 aliphatic carbocycles. The zero-order chi connectivity index (χ0) is 12.5. The first kappa shape index (κ1) is 13.2. The molecule has 17 heavy (non-hydrogen) atoms. The van der Waals surface area contributed by atoms with Crippen LogP contribution in [-0.4, -0.2) is 29.7 Å². The Morgan fingerprint density at radius 2 is 1.94 bits per heavy atom. The first-order chi connectivity index (χ1) is 8.30. The first-order valence-electron chi connectivity index (χ1n) is 4.95. The number of hydrogen-bond acceptors (Lipinski definition) is 5. The van der Waals surface area contributed by atoms with E-state index in [1.165, 1.54) is 11.3 Å². The van der Waals surface area contributed by atoms with E-state index >= 15 is 0 Å². The van der Waals surface area contributed by atoms with Gasteiger partial charge in [0, 0.05) is 11.4 Å². The molecule has 0 fully saturated rings. The number of rotatable bonds is 4. The van der Waals surface area contributed by atoms with Crippen molar-refractivity contribution in [1.29, 1.82) is 10.5 Å². The van der Waals surface area contributed by atoms with Gasteiger partial charge in [0.05, 0.1) is 30.1 Å². The van der Waals surface area contributed by atoms with Crippen molar-refractivity contribution in [2.24, 2.45) is 0 Å². The molecule has 0 radical (unpaired) electrons. The average Bonchev–Trinajstić information content (AvgIpc) is 2.75. The van der Waals surface area contributed by atoms with Crippen molar-refractivity contribution in [2.45, 2.75) is 6.54 Å². The minimum atomic E-state index is -0.151. The summed E-state index contributed by atoms with van der Waals surface area (Å²) < 4.78 is 0. The Hall–Kier alpha value is -1.84. The fraction of sp³-hybridized carbons (Fsp3) is 0.333. The first-order valence-corrected chi connectivity index (χ1v) is 5.76. The van der Waals surface area contributed by atoms with Crippen molar-refractivity contribution < 1.29 is 5.11 Å². The Balaban J connectivity index is 2.64. The summed E-state index contributed by atoms with van der Waals surface area (Å²) in [6, 6.07) is 7.86. The molecule has 0 unspecified atom stereocenters. The van der Waals surface area contributed by atoms with E-state index in [9.17, 15) is 0 Å². The number of nitrogens with zero attached hydrogens (tertiary/aromatic N) is 3. The lowest BCUT2D eigenvalue weighted by atomic mass is 10.4. The summed E-state index contributed by atoms with van der Waals surface area (Å²) in [4.78, 5) is 3.69. The lowest BCUT2D eigenvalue weighted by Gasteiger charge is -2.12. The smallest absolute Gasteiger partial charge is 0.104 e. The molecule has 1 aromatic rings. The van der Waals surface area contributed by atoms with Crippen molar-refractivity contribution in [1.82, 2.24) is 4.90 Å². The molecule has 1 aromatic heterocycles. The van der Waals surface area contributed by atoms with Crippen LogP contribution in [-0.2, 0) is 6.54 Å². The van der Waals surface area contributed by atoms with Crippen molar-refractivity contribution in [2.75, 3.05) is 19.7 Å². The Morgan fingerprint density at radius 3 is 2.53 bits per heavy atom. The van der Waals surface area contributed by atoms with E-state index in [4.69, 9.17) is 15.6 Å². The maximum Gasteiger partial charge on any atom is 0.104 e. The van der Waals surface area contributed by atoms with Gasteiger partial charge in [-0.05, 0) is 12.1 Å². The summed E-state index contributed by atoms with van der Waals surface area (Å²) >= 11 is 1.51. The molecule has 0 saturated carbocycles. The summed E-state index contributed by atoms with van der Waals surface area (Å²) in [5.41, 5.74) is 0. The normalized spacial score (nSPS) is 9.18. The zero-order valence-electron chi connectivity index (χ0n) is 9.18. The van der Waals surface area contributed by atoms with Gasteiger partial charge in [-0.15, -0.1) is 11.3 Å². The van der Waals surface area contributed by atoms with Crippen LogP contribution in [0.1, 0.15) is 9.75 Å². The average molecular weight is 245 g/mol. The quantitative estimate of drug-likeness (QED) is 0.633. The van der Waals surface area contributed by atoms with Crippen LogP contribution in [0.5, 0.6) is 0 Å². The molecule has 5 heteroatoms. The van der Waals surface area contributed by atoms with Gasteiger partial charge in [0.1, 0.15) is 6.61 Å². The fourth-order valence-corrected chi connectivity index (χ4v) is 2.17. The van der Waals surface area contributed by atoms with Gasteiger partial charge in [-0.3, -0.25) is 4.90 Å². The van der Waals surface area contributed by atoms with Crippen LogP contribution in [0.2, 0.25) is 0 Å². The minimum absolute atomic E-state index is 0.151. The van der Waals surface area contributed by atoms with Crippen LogP contribution in [0.4, 0.5) is 0 Å². The Bertz CT molecular complexity index is 482. The zero-order valence-corrected chi connectivity index (χ0v) is 10.00. The highest BCUT2D eigenvalue weighted by Gasteiger charge is 2.06. The maximum absolute atomic E-state index is 8.61. The van der Waals surface area contributed by atoms with E-state index in [0.717, 1.165) is 9.75 Å². The topological polar surface area (TPSA) is 71.0 Å². The molecule has 0 amide bonds. The Morgan fingerprint density at radius 1 is 1.24 bits per heavy atom. The predicted octanol–water partition coefficient (Wildman–Crippen LogP) is 0.941. The molecule has 0 aliphatic rings. The third kappa shape index (κ3) is 4.68. The highest BCUT2D eigenvalue weighted by molar-refractivity contribution is 7.12. The van der Waals surface area contributed by atoms with Gasteiger partial charge in [0.15, 0.2) is 0 Å². The van der Waals surface area contributed by atoms with Crippen LogP contribution in [0.3, 0.4) is 0 Å². The number of thiophene rings is 1. The van der Waals surface area contributed by atoms with Crippen molar-refractivity contribution in [3.05, 3.63) is 21.9 Å². The van der Waals surface area contributed by atoms with Gasteiger partial charge in [-0.25, -0.2) is 0 Å². The molecule has 0 bridgehead atoms. The van der Waals surface area contributed by atoms with Gasteiger partial charge in [-0.1, -0.05) is 11.8 Å². The predicted molar refractivity (Wildman–Crippen MR) is 64.8 cm³/mol. The van der Waals surface area contributed by atoms with E-state index < -0.39 is 0 Å². The van der Waals surface area contributed by atoms with E-state index in [0.29, 0.717) is 6.54 Å². The minimum Gasteiger partial charge on any atom is -0.384 e. The van der Waals surface area contributed by atoms with E-state index in [1.54, 1.807) is 4.90 Å². The fourth-order valence-electron chi connectivity index (χ4n) is 1.24. The second-order valence-corrected chi connectivity index (χ2v) is 4.36. The SMILES string of the molecule is N#CCN(CC#N)Cc1ccc(C#CCO)s1. The van der Waals surface area contributed by atoms with Crippen molar-refractivity contribution in [3.8, 4) is 24.0 Å². The van der Waals surface area contributed by atoms with Crippen LogP contribution in [0.25, 0.3) is 0 Å². The summed E-state index contributed by atoms with van der Waals surface area (Å²) in [5.74, 6) is 5.40. The van der Waals surface area contributed by atoms with Crippen LogP contribution in [0.15, 0.2) is 12.1 Å². The third-order valence-corrected chi connectivity index (χ3v) is 2.91. The monoisotopic (exact) mass is 245 g/mol. The molecule has 0 saturated heterocycles. The van der Waals surface area contributed by atoms with Crippen LogP contribution < -0.4 is 0 Å². The largest absolute Gasteiger partial charge is 0.384 e. The molecular weight excluding hydrogens is 234 g/mol. The molecule has 1 rings (SSSR count). The summed E-state index contributed by atoms with van der Waals surface area (Å²) in [5, 5.41) is 25.8. The molecule has 0 aromatic carbocycles. The summed E-state index contributed by atoms with van der Waals surface area (Å²) in [7, 11) is 0. The van der Waals surface area contributed by atoms with Gasteiger partial charge in [0.25, 0.3) is 0 Å². The van der Waals surface area contributed by atoms with Gasteiger partial charge in [-0.2, -0.15) is 10.5 Å². The number of aliphatic hydroxyl groups excluding tert-OH is 1. The van der Waals surface area contributed by atoms with Crippen LogP contribution in [0, 0.1) is 34.5 Å².